The molecule has 1 saturated heterocycles. The number of Topliss-reactive ketones (excluding diaryl/α,β-unsaturated/α-hetero) is 1. The summed E-state index contributed by atoms with van der Waals surface area (Å²) in [6.07, 6.45) is 4.45. The van der Waals surface area contributed by atoms with Crippen LogP contribution in [0.1, 0.15) is 112 Å². The molecule has 1 heterocycles. The van der Waals surface area contributed by atoms with Crippen molar-refractivity contribution < 1.29 is 41.2 Å². The number of sulfone groups is 1. The third-order valence-corrected chi connectivity index (χ3v) is 15.0. The molecule has 3 saturated carbocycles. The summed E-state index contributed by atoms with van der Waals surface area (Å²) in [5, 5.41) is 10.6. The molecule has 5 atom stereocenters. The number of nitrogens with zero attached hydrogens (tertiary/aromatic N) is 1. The Balaban J connectivity index is 1.62. The van der Waals surface area contributed by atoms with Crippen molar-refractivity contribution in [2.45, 2.75) is 147 Å². The van der Waals surface area contributed by atoms with E-state index in [1.807, 2.05) is 20.8 Å². The van der Waals surface area contributed by atoms with Crippen LogP contribution in [0.5, 0.6) is 0 Å². The molecular weight excluding hydrogens is 696 g/mol. The van der Waals surface area contributed by atoms with Crippen LogP contribution in [-0.2, 0) is 29.0 Å². The molecule has 1 unspecified atom stereocenters. The number of rotatable bonds is 14. The summed E-state index contributed by atoms with van der Waals surface area (Å²) in [6.45, 7) is 14.3. The van der Waals surface area contributed by atoms with Gasteiger partial charge in [-0.15, -0.1) is 6.58 Å². The van der Waals surface area contributed by atoms with E-state index in [1.165, 1.54) is 11.0 Å². The first-order chi connectivity index (χ1) is 24.1. The largest absolute Gasteiger partial charge is 0.346 e. The zero-order chi connectivity index (χ0) is 38.9. The number of fused-ring (bicyclic) bond motifs is 1. The van der Waals surface area contributed by atoms with Crippen molar-refractivity contribution >= 4 is 39.4 Å². The van der Waals surface area contributed by atoms with Crippen LogP contribution >= 0.6 is 0 Å². The monoisotopic (exact) mass is 755 g/mol. The highest BCUT2D eigenvalue weighted by molar-refractivity contribution is 7.92. The Bertz CT molecular complexity index is 1500. The first-order valence-electron chi connectivity index (χ1n) is 18.7. The molecule has 0 bridgehead atoms. The van der Waals surface area contributed by atoms with Crippen molar-refractivity contribution in [1.29, 1.82) is 0 Å². The molecule has 52 heavy (non-hydrogen) atoms. The number of carbonyl (C=O) groups is 5. The molecule has 0 radical (unpaired) electrons. The molecule has 4 fully saturated rings. The topological polar surface area (TPSA) is 171 Å². The van der Waals surface area contributed by atoms with Gasteiger partial charge in [0.05, 0.1) is 16.0 Å². The minimum absolute atomic E-state index is 0.0724. The van der Waals surface area contributed by atoms with Gasteiger partial charge < -0.3 is 26.2 Å². The molecule has 1 aliphatic heterocycles. The fourth-order valence-corrected chi connectivity index (χ4v) is 10.3. The number of halogens is 2. The van der Waals surface area contributed by atoms with E-state index in [9.17, 15) is 41.2 Å². The summed E-state index contributed by atoms with van der Waals surface area (Å²) in [6, 6.07) is -4.68. The highest BCUT2D eigenvalue weighted by Gasteiger charge is 2.70. The van der Waals surface area contributed by atoms with Gasteiger partial charge in [-0.3, -0.25) is 19.2 Å². The lowest BCUT2D eigenvalue weighted by Crippen LogP contribution is -2.65. The van der Waals surface area contributed by atoms with Crippen molar-refractivity contribution in [3.8, 4) is 0 Å². The molecular formula is C37H59F2N5O7S. The number of nitrogens with one attached hydrogen (secondary N) is 4. The van der Waals surface area contributed by atoms with Crippen molar-refractivity contribution in [1.82, 2.24) is 26.2 Å². The van der Waals surface area contributed by atoms with Crippen LogP contribution in [0.15, 0.2) is 12.7 Å². The van der Waals surface area contributed by atoms with Crippen LogP contribution < -0.4 is 21.3 Å². The van der Waals surface area contributed by atoms with Gasteiger partial charge in [-0.1, -0.05) is 65.4 Å². The van der Waals surface area contributed by atoms with Gasteiger partial charge in [-0.25, -0.2) is 22.0 Å². The van der Waals surface area contributed by atoms with Crippen molar-refractivity contribution in [2.24, 2.45) is 22.7 Å². The van der Waals surface area contributed by atoms with E-state index in [-0.39, 0.29) is 36.1 Å². The molecule has 294 valence electrons. The Kier molecular flexibility index (Phi) is 12.6. The van der Waals surface area contributed by atoms with E-state index < -0.39 is 86.0 Å². The van der Waals surface area contributed by atoms with Gasteiger partial charge in [-0.05, 0) is 69.1 Å². The quantitative estimate of drug-likeness (QED) is 0.153. The van der Waals surface area contributed by atoms with Crippen LogP contribution in [0, 0.1) is 22.7 Å². The van der Waals surface area contributed by atoms with E-state index in [1.54, 1.807) is 20.8 Å². The van der Waals surface area contributed by atoms with Gasteiger partial charge in [-0.2, -0.15) is 0 Å². The lowest BCUT2D eigenvalue weighted by atomic mass is 9.70. The number of carbonyl (C=O) groups excluding carboxylic acids is 5. The molecule has 4 aliphatic rings. The van der Waals surface area contributed by atoms with Gasteiger partial charge >= 0.3 is 6.03 Å². The maximum atomic E-state index is 14.8. The van der Waals surface area contributed by atoms with Crippen LogP contribution in [0.4, 0.5) is 13.6 Å². The number of ketones is 1. The van der Waals surface area contributed by atoms with Crippen molar-refractivity contribution in [2.75, 3.05) is 18.8 Å². The Morgan fingerprint density at radius 1 is 0.923 bits per heavy atom. The fraction of sp³-hybridized carbons (Fsp3) is 0.811. The molecule has 0 aromatic heterocycles. The van der Waals surface area contributed by atoms with Crippen LogP contribution in [0.3, 0.4) is 0 Å². The Labute approximate surface area is 307 Å². The number of likely N-dealkylation sites (tertiary alicyclic amines) is 1. The van der Waals surface area contributed by atoms with E-state index in [2.05, 4.69) is 27.8 Å². The average molecular weight is 756 g/mol. The standard InChI is InChI=1S/C37H59F2N5O7S/c1-8-19-40-31(47)28(45)24(20-25(38)39)41-30(46)27-26-23(35(26,5)6)21-44(27)32(48)29(36(7)15-11-9-12-16-36)42-33(49)43-37(17-13-10-14-18-37)22-52(50,51)34(2,3)4/h8,23-27,29H,1,9-22H2,2-7H3,(H,40,47)(H,41,46)(H2,42,43,49)/t23-,24?,26-,27-,29+/m0/s1. The van der Waals surface area contributed by atoms with Gasteiger partial charge in [0.2, 0.25) is 24.0 Å². The Hall–Kier alpha value is -3.10. The number of hydrogen-bond donors (Lipinski definition) is 4. The normalized spacial score (nSPS) is 25.9. The average Bonchev–Trinajstić information content (AvgIpc) is 3.36. The van der Waals surface area contributed by atoms with Gasteiger partial charge in [0, 0.05) is 19.5 Å². The molecule has 4 rings (SSSR count). The van der Waals surface area contributed by atoms with Crippen LogP contribution in [0.25, 0.3) is 0 Å². The lowest BCUT2D eigenvalue weighted by molar-refractivity contribution is -0.146. The molecule has 5 amide bonds. The number of amides is 5. The molecule has 0 spiro atoms. The third kappa shape index (κ3) is 8.98. The number of piperidine rings is 1. The SMILES string of the molecule is C=CCNC(=O)C(=O)C(CC(F)F)NC(=O)[C@@H]1[C@@H]2[C@H](CN1C(=O)[C@@H](NC(=O)NC1(CS(=O)(=O)C(C)(C)C)CCCCC1)C1(C)CCCCC1)C2(C)C. The van der Waals surface area contributed by atoms with Crippen LogP contribution in [0.2, 0.25) is 0 Å². The summed E-state index contributed by atoms with van der Waals surface area (Å²) in [5.41, 5.74) is -2.06. The second-order valence-electron chi connectivity index (χ2n) is 17.4. The minimum Gasteiger partial charge on any atom is -0.346 e. The molecule has 15 heteroatoms. The van der Waals surface area contributed by atoms with Crippen molar-refractivity contribution in [3.05, 3.63) is 12.7 Å². The van der Waals surface area contributed by atoms with E-state index in [4.69, 9.17) is 0 Å². The zero-order valence-electron chi connectivity index (χ0n) is 31.6. The highest BCUT2D eigenvalue weighted by Crippen LogP contribution is 2.65. The molecule has 0 aromatic rings. The lowest BCUT2D eigenvalue weighted by Gasteiger charge is -2.44. The summed E-state index contributed by atoms with van der Waals surface area (Å²) >= 11 is 0. The Morgan fingerprint density at radius 3 is 2.04 bits per heavy atom. The van der Waals surface area contributed by atoms with E-state index in [0.29, 0.717) is 25.7 Å². The third-order valence-electron chi connectivity index (χ3n) is 12.2. The van der Waals surface area contributed by atoms with Gasteiger partial charge in [0.15, 0.2) is 9.84 Å². The van der Waals surface area contributed by atoms with Gasteiger partial charge in [0.25, 0.3) is 5.91 Å². The maximum Gasteiger partial charge on any atom is 0.315 e. The Morgan fingerprint density at radius 2 is 1.50 bits per heavy atom. The molecule has 12 nitrogen and oxygen atoms in total. The van der Waals surface area contributed by atoms with E-state index in [0.717, 1.165) is 38.5 Å². The summed E-state index contributed by atoms with van der Waals surface area (Å²) < 4.78 is 53.0. The summed E-state index contributed by atoms with van der Waals surface area (Å²) in [7, 11) is -3.62. The molecule has 0 aromatic carbocycles. The van der Waals surface area contributed by atoms with Gasteiger partial charge in [0.1, 0.15) is 18.1 Å². The predicted octanol–water partition coefficient (Wildman–Crippen LogP) is 4.04. The molecule has 3 aliphatic carbocycles. The smallest absolute Gasteiger partial charge is 0.315 e. The fourth-order valence-electron chi connectivity index (χ4n) is 8.76. The molecule has 4 N–H and O–H groups in total. The second kappa shape index (κ2) is 15.7. The number of hydrogen-bond acceptors (Lipinski definition) is 7. The minimum atomic E-state index is -3.62. The first kappa shape index (κ1) is 41.7. The van der Waals surface area contributed by atoms with Crippen molar-refractivity contribution in [3.63, 3.8) is 0 Å². The summed E-state index contributed by atoms with van der Waals surface area (Å²) in [5.74, 6) is -4.33. The maximum absolute atomic E-state index is 14.8. The number of urea groups is 1. The van der Waals surface area contributed by atoms with Crippen LogP contribution in [-0.4, -0.2) is 96.5 Å². The summed E-state index contributed by atoms with van der Waals surface area (Å²) in [4.78, 5) is 69.6. The van der Waals surface area contributed by atoms with E-state index >= 15 is 0 Å². The zero-order valence-corrected chi connectivity index (χ0v) is 32.4. The first-order valence-corrected chi connectivity index (χ1v) is 20.4. The number of alkyl halides is 2. The highest BCUT2D eigenvalue weighted by atomic mass is 32.2. The second-order valence-corrected chi connectivity index (χ2v) is 20.1. The predicted molar refractivity (Wildman–Crippen MR) is 193 cm³/mol.